The van der Waals surface area contributed by atoms with Crippen LogP contribution >= 0.6 is 0 Å². The van der Waals surface area contributed by atoms with Gasteiger partial charge >= 0.3 is 0 Å². The first-order chi connectivity index (χ1) is 9.07. The van der Waals surface area contributed by atoms with Gasteiger partial charge in [-0.15, -0.1) is 0 Å². The number of hydrogen-bond acceptors (Lipinski definition) is 4. The van der Waals surface area contributed by atoms with Crippen molar-refractivity contribution >= 4 is 5.91 Å². The normalized spacial score (nSPS) is 35.1. The molecule has 0 bridgehead atoms. The first-order valence-corrected chi connectivity index (χ1v) is 7.44. The molecule has 1 heterocycles. The van der Waals surface area contributed by atoms with Crippen LogP contribution < -0.4 is 11.1 Å². The first kappa shape index (κ1) is 14.8. The van der Waals surface area contributed by atoms with Crippen molar-refractivity contribution in [2.45, 2.75) is 56.7 Å². The van der Waals surface area contributed by atoms with Gasteiger partial charge in [-0.1, -0.05) is 6.92 Å². The molecule has 0 radical (unpaired) electrons. The second kappa shape index (κ2) is 6.20. The summed E-state index contributed by atoms with van der Waals surface area (Å²) in [6.07, 6.45) is 5.39. The van der Waals surface area contributed by atoms with E-state index in [9.17, 15) is 4.79 Å². The largest absolute Gasteiger partial charge is 0.377 e. The van der Waals surface area contributed by atoms with Crippen LogP contribution in [0.1, 0.15) is 39.0 Å². The van der Waals surface area contributed by atoms with Crippen molar-refractivity contribution in [2.75, 3.05) is 26.7 Å². The molecule has 1 aliphatic heterocycles. The maximum atomic E-state index is 11.7. The van der Waals surface area contributed by atoms with Crippen LogP contribution in [-0.4, -0.2) is 55.2 Å². The topological polar surface area (TPSA) is 67.6 Å². The molecule has 110 valence electrons. The third-order valence-corrected chi connectivity index (χ3v) is 4.61. The molecule has 2 aliphatic rings. The van der Waals surface area contributed by atoms with Crippen LogP contribution in [0.2, 0.25) is 0 Å². The average molecular weight is 269 g/mol. The lowest BCUT2D eigenvalue weighted by molar-refractivity contribution is -0.124. The van der Waals surface area contributed by atoms with Gasteiger partial charge in [0.05, 0.1) is 11.6 Å². The van der Waals surface area contributed by atoms with Gasteiger partial charge in [-0.05, 0) is 45.7 Å². The Kier molecular flexibility index (Phi) is 4.81. The highest BCUT2D eigenvalue weighted by molar-refractivity contribution is 5.85. The predicted molar refractivity (Wildman–Crippen MR) is 74.8 cm³/mol. The molecule has 0 aromatic heterocycles. The van der Waals surface area contributed by atoms with Crippen LogP contribution in [0.5, 0.6) is 0 Å². The maximum Gasteiger partial charge on any atom is 0.237 e. The van der Waals surface area contributed by atoms with Crippen LogP contribution in [0.4, 0.5) is 0 Å². The molecule has 1 saturated carbocycles. The quantitative estimate of drug-likeness (QED) is 0.736. The molecule has 3 unspecified atom stereocenters. The van der Waals surface area contributed by atoms with Gasteiger partial charge in [0.1, 0.15) is 0 Å². The Labute approximate surface area is 115 Å². The Bertz CT molecular complexity index is 318. The Balaban J connectivity index is 1.90. The Morgan fingerprint density at radius 3 is 2.89 bits per heavy atom. The zero-order valence-electron chi connectivity index (χ0n) is 12.2. The molecule has 2 rings (SSSR count). The summed E-state index contributed by atoms with van der Waals surface area (Å²) >= 11 is 0. The number of rotatable bonds is 6. The fraction of sp³-hybridized carbons (Fsp3) is 0.929. The van der Waals surface area contributed by atoms with Gasteiger partial charge in [-0.25, -0.2) is 0 Å². The number of carbonyl (C=O) groups excluding carboxylic acids is 1. The molecule has 3 N–H and O–H groups in total. The summed E-state index contributed by atoms with van der Waals surface area (Å²) in [6.45, 7) is 4.66. The molecule has 19 heavy (non-hydrogen) atoms. The minimum Gasteiger partial charge on any atom is -0.377 e. The monoisotopic (exact) mass is 269 g/mol. The molecule has 5 heteroatoms. The molecule has 0 spiro atoms. The van der Waals surface area contributed by atoms with Crippen molar-refractivity contribution < 1.29 is 9.53 Å². The molecule has 2 fully saturated rings. The van der Waals surface area contributed by atoms with Gasteiger partial charge in [0.15, 0.2) is 0 Å². The number of primary amides is 1. The van der Waals surface area contributed by atoms with E-state index in [-0.39, 0.29) is 5.91 Å². The Hall–Kier alpha value is -0.650. The van der Waals surface area contributed by atoms with Crippen LogP contribution in [0, 0.1) is 0 Å². The number of hydrogen-bond donors (Lipinski definition) is 2. The Morgan fingerprint density at radius 1 is 1.53 bits per heavy atom. The van der Waals surface area contributed by atoms with Crippen LogP contribution in [-0.2, 0) is 9.53 Å². The van der Waals surface area contributed by atoms with Gasteiger partial charge in [0, 0.05) is 19.2 Å². The summed E-state index contributed by atoms with van der Waals surface area (Å²) in [7, 11) is 2.13. The summed E-state index contributed by atoms with van der Waals surface area (Å²) in [5.41, 5.74) is 5.10. The van der Waals surface area contributed by atoms with E-state index in [4.69, 9.17) is 10.5 Å². The second-order valence-electron chi connectivity index (χ2n) is 5.95. The smallest absolute Gasteiger partial charge is 0.237 e. The molecule has 0 aromatic carbocycles. The minimum atomic E-state index is -0.496. The zero-order chi connectivity index (χ0) is 13.9. The summed E-state index contributed by atoms with van der Waals surface area (Å²) in [6, 6.07) is 0.427. The predicted octanol–water partition coefficient (Wildman–Crippen LogP) is 0.483. The van der Waals surface area contributed by atoms with Gasteiger partial charge in [0.2, 0.25) is 5.91 Å². The highest BCUT2D eigenvalue weighted by Crippen LogP contribution is 2.33. The fourth-order valence-corrected chi connectivity index (χ4v) is 3.46. The second-order valence-corrected chi connectivity index (χ2v) is 5.95. The zero-order valence-corrected chi connectivity index (χ0v) is 12.2. The van der Waals surface area contributed by atoms with E-state index in [0.29, 0.717) is 12.1 Å². The van der Waals surface area contributed by atoms with Crippen molar-refractivity contribution in [1.29, 1.82) is 0 Å². The van der Waals surface area contributed by atoms with Gasteiger partial charge in [0.25, 0.3) is 0 Å². The van der Waals surface area contributed by atoms with E-state index in [1.807, 2.05) is 6.92 Å². The van der Waals surface area contributed by atoms with Crippen molar-refractivity contribution in [3.05, 3.63) is 0 Å². The van der Waals surface area contributed by atoms with E-state index in [0.717, 1.165) is 45.4 Å². The lowest BCUT2D eigenvalue weighted by atomic mass is 9.96. The molecular formula is C14H27N3O2. The van der Waals surface area contributed by atoms with Gasteiger partial charge < -0.3 is 20.7 Å². The average Bonchev–Trinajstić information content (AvgIpc) is 2.99. The first-order valence-electron chi connectivity index (χ1n) is 7.44. The van der Waals surface area contributed by atoms with Crippen molar-refractivity contribution in [1.82, 2.24) is 10.2 Å². The van der Waals surface area contributed by atoms with Crippen LogP contribution in [0.15, 0.2) is 0 Å². The number of ether oxygens (including phenoxy) is 1. The summed E-state index contributed by atoms with van der Waals surface area (Å²) in [4.78, 5) is 14.1. The van der Waals surface area contributed by atoms with Gasteiger partial charge in [-0.2, -0.15) is 0 Å². The van der Waals surface area contributed by atoms with Crippen molar-refractivity contribution in [3.8, 4) is 0 Å². The third kappa shape index (κ3) is 3.27. The molecular weight excluding hydrogens is 242 g/mol. The molecule has 1 amide bonds. The van der Waals surface area contributed by atoms with Crippen LogP contribution in [0.3, 0.4) is 0 Å². The molecule has 1 aliphatic carbocycles. The number of likely N-dealkylation sites (N-methyl/N-ethyl adjacent to an activating group) is 2. The molecule has 3 atom stereocenters. The fourth-order valence-electron chi connectivity index (χ4n) is 3.46. The van der Waals surface area contributed by atoms with Crippen molar-refractivity contribution in [2.24, 2.45) is 5.73 Å². The molecule has 0 aromatic rings. The third-order valence-electron chi connectivity index (χ3n) is 4.61. The van der Waals surface area contributed by atoms with Gasteiger partial charge in [-0.3, -0.25) is 4.79 Å². The van der Waals surface area contributed by atoms with E-state index in [1.165, 1.54) is 6.42 Å². The van der Waals surface area contributed by atoms with E-state index in [2.05, 4.69) is 17.3 Å². The highest BCUT2D eigenvalue weighted by Gasteiger charge is 2.44. The lowest BCUT2D eigenvalue weighted by Gasteiger charge is -2.30. The van der Waals surface area contributed by atoms with Crippen molar-refractivity contribution in [3.63, 3.8) is 0 Å². The Morgan fingerprint density at radius 2 is 2.32 bits per heavy atom. The van der Waals surface area contributed by atoms with E-state index in [1.54, 1.807) is 0 Å². The highest BCUT2D eigenvalue weighted by atomic mass is 16.5. The maximum absolute atomic E-state index is 11.7. The summed E-state index contributed by atoms with van der Waals surface area (Å²) in [5.74, 6) is -0.206. The standard InChI is InChI=1S/C14H27N3O2/c1-3-16-14(13(15)18)7-6-11(9-14)17(2)10-12-5-4-8-19-12/h11-12,16H,3-10H2,1-2H3,(H2,15,18). The number of nitrogens with zero attached hydrogens (tertiary/aromatic N) is 1. The number of nitrogens with one attached hydrogen (secondary N) is 1. The van der Waals surface area contributed by atoms with E-state index < -0.39 is 5.54 Å². The summed E-state index contributed by atoms with van der Waals surface area (Å²) in [5, 5.41) is 3.30. The number of carbonyl (C=O) groups is 1. The van der Waals surface area contributed by atoms with E-state index >= 15 is 0 Å². The lowest BCUT2D eigenvalue weighted by Crippen LogP contribution is -2.54. The number of nitrogens with two attached hydrogens (primary N) is 1. The number of amides is 1. The molecule has 1 saturated heterocycles. The SMILES string of the molecule is CCNC1(C(N)=O)CCC(N(C)CC2CCCO2)C1. The summed E-state index contributed by atoms with van der Waals surface area (Å²) < 4.78 is 5.68. The molecule has 5 nitrogen and oxygen atoms in total. The minimum absolute atomic E-state index is 0.206. The van der Waals surface area contributed by atoms with Crippen LogP contribution in [0.25, 0.3) is 0 Å².